The van der Waals surface area contributed by atoms with Crippen LogP contribution in [-0.2, 0) is 14.3 Å². The second-order valence-electron chi connectivity index (χ2n) is 7.59. The predicted octanol–water partition coefficient (Wildman–Crippen LogP) is 5.43. The van der Waals surface area contributed by atoms with Gasteiger partial charge in [-0.3, -0.25) is 0 Å². The predicted molar refractivity (Wildman–Crippen MR) is 97.9 cm³/mol. The van der Waals surface area contributed by atoms with Crippen LogP contribution in [0.4, 0.5) is 0 Å². The summed E-state index contributed by atoms with van der Waals surface area (Å²) in [7, 11) is 0. The van der Waals surface area contributed by atoms with Crippen molar-refractivity contribution in [2.24, 2.45) is 11.8 Å². The standard InChI is InChI=1S/C21H36O3/c1-2-21(22)24-17-9-4-3-8-16-23-20-14-12-19(13-15-20)18-10-6-5-7-11-18/h2,18-20H,1,3-17H2. The van der Waals surface area contributed by atoms with Crippen molar-refractivity contribution in [3.63, 3.8) is 0 Å². The highest BCUT2D eigenvalue weighted by Gasteiger charge is 2.28. The van der Waals surface area contributed by atoms with Crippen molar-refractivity contribution in [2.75, 3.05) is 13.2 Å². The molecule has 0 saturated heterocycles. The van der Waals surface area contributed by atoms with E-state index >= 15 is 0 Å². The van der Waals surface area contributed by atoms with Crippen molar-refractivity contribution in [3.8, 4) is 0 Å². The Kier molecular flexibility index (Phi) is 9.48. The van der Waals surface area contributed by atoms with Crippen LogP contribution in [0.1, 0.15) is 83.5 Å². The van der Waals surface area contributed by atoms with Crippen molar-refractivity contribution in [2.45, 2.75) is 89.6 Å². The molecule has 0 radical (unpaired) electrons. The van der Waals surface area contributed by atoms with Crippen molar-refractivity contribution < 1.29 is 14.3 Å². The third kappa shape index (κ3) is 7.38. The van der Waals surface area contributed by atoms with Crippen LogP contribution in [0, 0.1) is 11.8 Å². The van der Waals surface area contributed by atoms with Crippen molar-refractivity contribution in [1.29, 1.82) is 0 Å². The molecule has 0 bridgehead atoms. The first kappa shape index (κ1) is 19.5. The zero-order chi connectivity index (χ0) is 17.0. The maximum absolute atomic E-state index is 10.9. The first-order chi connectivity index (χ1) is 11.8. The van der Waals surface area contributed by atoms with E-state index in [1.54, 1.807) is 0 Å². The van der Waals surface area contributed by atoms with Gasteiger partial charge < -0.3 is 9.47 Å². The van der Waals surface area contributed by atoms with E-state index in [2.05, 4.69) is 6.58 Å². The normalized spacial score (nSPS) is 25.3. The van der Waals surface area contributed by atoms with Crippen molar-refractivity contribution >= 4 is 5.97 Å². The fraction of sp³-hybridized carbons (Fsp3) is 0.857. The van der Waals surface area contributed by atoms with Crippen LogP contribution in [0.15, 0.2) is 12.7 Å². The number of ether oxygens (including phenoxy) is 2. The zero-order valence-electron chi connectivity index (χ0n) is 15.3. The van der Waals surface area contributed by atoms with Gasteiger partial charge in [0.05, 0.1) is 12.7 Å². The van der Waals surface area contributed by atoms with Crippen molar-refractivity contribution in [1.82, 2.24) is 0 Å². The maximum Gasteiger partial charge on any atom is 0.330 e. The molecule has 0 aromatic rings. The lowest BCUT2D eigenvalue weighted by Gasteiger charge is -2.35. The number of esters is 1. The van der Waals surface area contributed by atoms with Gasteiger partial charge in [-0.05, 0) is 56.8 Å². The third-order valence-corrected chi connectivity index (χ3v) is 5.84. The van der Waals surface area contributed by atoms with Gasteiger partial charge in [-0.2, -0.15) is 0 Å². The molecule has 0 aromatic carbocycles. The number of hydrogen-bond acceptors (Lipinski definition) is 3. The van der Waals surface area contributed by atoms with E-state index in [4.69, 9.17) is 9.47 Å². The van der Waals surface area contributed by atoms with Gasteiger partial charge in [-0.1, -0.05) is 45.1 Å². The first-order valence-electron chi connectivity index (χ1n) is 10.2. The molecule has 3 heteroatoms. The number of rotatable bonds is 10. The molecule has 2 rings (SSSR count). The quantitative estimate of drug-likeness (QED) is 0.303. The minimum atomic E-state index is -0.317. The van der Waals surface area contributed by atoms with Gasteiger partial charge in [0, 0.05) is 12.7 Å². The largest absolute Gasteiger partial charge is 0.463 e. The van der Waals surface area contributed by atoms with Gasteiger partial charge in [0.15, 0.2) is 0 Å². The highest BCUT2D eigenvalue weighted by atomic mass is 16.5. The molecule has 0 N–H and O–H groups in total. The molecule has 3 nitrogen and oxygen atoms in total. The SMILES string of the molecule is C=CC(=O)OCCCCCCOC1CCC(C2CCCCC2)CC1. The van der Waals surface area contributed by atoms with Crippen molar-refractivity contribution in [3.05, 3.63) is 12.7 Å². The Morgan fingerprint density at radius 2 is 1.46 bits per heavy atom. The Labute approximate surface area is 148 Å². The summed E-state index contributed by atoms with van der Waals surface area (Å²) in [5.41, 5.74) is 0. The van der Waals surface area contributed by atoms with Gasteiger partial charge in [0.25, 0.3) is 0 Å². The van der Waals surface area contributed by atoms with E-state index in [0.717, 1.165) is 44.1 Å². The van der Waals surface area contributed by atoms with Crippen LogP contribution in [0.2, 0.25) is 0 Å². The topological polar surface area (TPSA) is 35.5 Å². The summed E-state index contributed by atoms with van der Waals surface area (Å²) in [6, 6.07) is 0. The maximum atomic E-state index is 10.9. The second-order valence-corrected chi connectivity index (χ2v) is 7.59. The van der Waals surface area contributed by atoms with E-state index in [9.17, 15) is 4.79 Å². The molecule has 0 atom stereocenters. The summed E-state index contributed by atoms with van der Waals surface area (Å²) in [4.78, 5) is 10.9. The molecule has 2 aliphatic carbocycles. The molecule has 0 aromatic heterocycles. The fourth-order valence-electron chi connectivity index (χ4n) is 4.37. The van der Waals surface area contributed by atoms with Crippen LogP contribution in [-0.4, -0.2) is 25.3 Å². The lowest BCUT2D eigenvalue weighted by Crippen LogP contribution is -2.27. The third-order valence-electron chi connectivity index (χ3n) is 5.84. The monoisotopic (exact) mass is 336 g/mol. The summed E-state index contributed by atoms with van der Waals surface area (Å²) in [6.07, 6.45) is 18.7. The number of carbonyl (C=O) groups excluding carboxylic acids is 1. The van der Waals surface area contributed by atoms with Crippen LogP contribution in [0.25, 0.3) is 0 Å². The average molecular weight is 337 g/mol. The van der Waals surface area contributed by atoms with E-state index in [1.807, 2.05) is 0 Å². The molecule has 0 aliphatic heterocycles. The summed E-state index contributed by atoms with van der Waals surface area (Å²) in [5, 5.41) is 0. The van der Waals surface area contributed by atoms with Gasteiger partial charge in [-0.15, -0.1) is 0 Å². The smallest absolute Gasteiger partial charge is 0.330 e. The zero-order valence-corrected chi connectivity index (χ0v) is 15.3. The summed E-state index contributed by atoms with van der Waals surface area (Å²) in [5.74, 6) is 1.69. The summed E-state index contributed by atoms with van der Waals surface area (Å²) < 4.78 is 11.0. The Balaban J connectivity index is 1.42. The number of hydrogen-bond donors (Lipinski definition) is 0. The Bertz CT molecular complexity index is 352. The summed E-state index contributed by atoms with van der Waals surface area (Å²) in [6.45, 7) is 4.79. The highest BCUT2D eigenvalue weighted by Crippen LogP contribution is 2.38. The second kappa shape index (κ2) is 11.7. The first-order valence-corrected chi connectivity index (χ1v) is 10.2. The minimum Gasteiger partial charge on any atom is -0.463 e. The Hall–Kier alpha value is -0.830. The number of unbranched alkanes of at least 4 members (excludes halogenated alkanes) is 3. The lowest BCUT2D eigenvalue weighted by atomic mass is 9.73. The molecule has 0 spiro atoms. The molecule has 0 unspecified atom stereocenters. The van der Waals surface area contributed by atoms with E-state index < -0.39 is 0 Å². The lowest BCUT2D eigenvalue weighted by molar-refractivity contribution is -0.137. The molecule has 2 saturated carbocycles. The van der Waals surface area contributed by atoms with Crippen LogP contribution in [0.3, 0.4) is 0 Å². The van der Waals surface area contributed by atoms with Crippen LogP contribution in [0.5, 0.6) is 0 Å². The van der Waals surface area contributed by atoms with E-state index in [0.29, 0.717) is 12.7 Å². The molecule has 0 amide bonds. The average Bonchev–Trinajstić information content (AvgIpc) is 2.65. The number of carbonyl (C=O) groups is 1. The molecule has 2 fully saturated rings. The van der Waals surface area contributed by atoms with Gasteiger partial charge >= 0.3 is 5.97 Å². The van der Waals surface area contributed by atoms with Gasteiger partial charge in [0.1, 0.15) is 0 Å². The van der Waals surface area contributed by atoms with Gasteiger partial charge in [-0.25, -0.2) is 4.79 Å². The highest BCUT2D eigenvalue weighted by molar-refractivity contribution is 5.81. The molecular formula is C21H36O3. The molecule has 138 valence electrons. The molecular weight excluding hydrogens is 300 g/mol. The fourth-order valence-corrected chi connectivity index (χ4v) is 4.37. The Morgan fingerprint density at radius 1 is 0.833 bits per heavy atom. The Morgan fingerprint density at radius 3 is 2.12 bits per heavy atom. The molecule has 24 heavy (non-hydrogen) atoms. The molecule has 2 aliphatic rings. The minimum absolute atomic E-state index is 0.317. The van der Waals surface area contributed by atoms with Gasteiger partial charge in [0.2, 0.25) is 0 Å². The van der Waals surface area contributed by atoms with Crippen LogP contribution >= 0.6 is 0 Å². The van der Waals surface area contributed by atoms with E-state index in [1.165, 1.54) is 63.9 Å². The molecule has 0 heterocycles. The van der Waals surface area contributed by atoms with Crippen LogP contribution < -0.4 is 0 Å². The summed E-state index contributed by atoms with van der Waals surface area (Å²) >= 11 is 0. The van der Waals surface area contributed by atoms with E-state index in [-0.39, 0.29) is 5.97 Å².